The summed E-state index contributed by atoms with van der Waals surface area (Å²) in [6.07, 6.45) is 1.31. The van der Waals surface area contributed by atoms with Crippen LogP contribution in [0.2, 0.25) is 0 Å². The number of hydrogen-bond acceptors (Lipinski definition) is 4. The second-order valence-electron chi connectivity index (χ2n) is 7.81. The molecule has 0 saturated heterocycles. The zero-order chi connectivity index (χ0) is 23.7. The molecule has 0 heterocycles. The van der Waals surface area contributed by atoms with Crippen molar-refractivity contribution in [3.63, 3.8) is 0 Å². The summed E-state index contributed by atoms with van der Waals surface area (Å²) < 4.78 is 12.1. The smallest absolute Gasteiger partial charge is 0.261 e. The number of carbonyl (C=O) groups is 2. The SMILES string of the molecule is CC[C@@H](C)NC(=O)[C@H](CC)N(Cc1cccc(OC)c1)C(=O)COc1ccc(Br)c(C)c1. The molecule has 1 N–H and O–H groups in total. The summed E-state index contributed by atoms with van der Waals surface area (Å²) in [5.74, 6) is 0.906. The maximum atomic E-state index is 13.3. The van der Waals surface area contributed by atoms with Crippen molar-refractivity contribution < 1.29 is 19.1 Å². The van der Waals surface area contributed by atoms with E-state index in [0.717, 1.165) is 22.0 Å². The summed E-state index contributed by atoms with van der Waals surface area (Å²) in [5, 5.41) is 3.01. The highest BCUT2D eigenvalue weighted by Gasteiger charge is 2.29. The van der Waals surface area contributed by atoms with Crippen molar-refractivity contribution in [3.8, 4) is 11.5 Å². The fraction of sp³-hybridized carbons (Fsp3) is 0.440. The van der Waals surface area contributed by atoms with Crippen LogP contribution in [0, 0.1) is 6.92 Å². The van der Waals surface area contributed by atoms with Gasteiger partial charge in [-0.3, -0.25) is 9.59 Å². The fourth-order valence-electron chi connectivity index (χ4n) is 3.26. The lowest BCUT2D eigenvalue weighted by molar-refractivity contribution is -0.143. The van der Waals surface area contributed by atoms with Crippen LogP contribution >= 0.6 is 15.9 Å². The molecule has 2 aromatic rings. The first-order chi connectivity index (χ1) is 15.3. The number of benzene rings is 2. The van der Waals surface area contributed by atoms with Crippen molar-refractivity contribution in [3.05, 3.63) is 58.1 Å². The van der Waals surface area contributed by atoms with Gasteiger partial charge in [0.05, 0.1) is 7.11 Å². The molecule has 0 aliphatic heterocycles. The van der Waals surface area contributed by atoms with Crippen molar-refractivity contribution in [2.75, 3.05) is 13.7 Å². The molecule has 0 aliphatic rings. The third kappa shape index (κ3) is 7.26. The second-order valence-corrected chi connectivity index (χ2v) is 8.67. The Morgan fingerprint density at radius 2 is 1.84 bits per heavy atom. The Labute approximate surface area is 199 Å². The number of rotatable bonds is 11. The van der Waals surface area contributed by atoms with E-state index in [2.05, 4.69) is 21.2 Å². The second kappa shape index (κ2) is 12.5. The van der Waals surface area contributed by atoms with Gasteiger partial charge in [0.1, 0.15) is 17.5 Å². The molecule has 0 radical (unpaired) electrons. The number of carbonyl (C=O) groups excluding carboxylic acids is 2. The molecular formula is C25H33BrN2O4. The van der Waals surface area contributed by atoms with E-state index >= 15 is 0 Å². The topological polar surface area (TPSA) is 67.9 Å². The zero-order valence-corrected chi connectivity index (χ0v) is 21.1. The van der Waals surface area contributed by atoms with E-state index < -0.39 is 6.04 Å². The minimum atomic E-state index is -0.599. The van der Waals surface area contributed by atoms with E-state index in [1.54, 1.807) is 12.0 Å². The van der Waals surface area contributed by atoms with E-state index in [1.807, 2.05) is 70.2 Å². The third-order valence-corrected chi connectivity index (χ3v) is 6.26. The summed E-state index contributed by atoms with van der Waals surface area (Å²) in [5.41, 5.74) is 1.90. The fourth-order valence-corrected chi connectivity index (χ4v) is 3.51. The molecule has 2 aromatic carbocycles. The Balaban J connectivity index is 2.24. The van der Waals surface area contributed by atoms with Crippen molar-refractivity contribution in [2.24, 2.45) is 0 Å². The van der Waals surface area contributed by atoms with Crippen molar-refractivity contribution in [1.29, 1.82) is 0 Å². The molecule has 0 unspecified atom stereocenters. The van der Waals surface area contributed by atoms with Crippen LogP contribution in [0.1, 0.15) is 44.7 Å². The number of hydrogen-bond donors (Lipinski definition) is 1. The molecule has 0 aliphatic carbocycles. The lowest BCUT2D eigenvalue weighted by atomic mass is 10.1. The van der Waals surface area contributed by atoms with E-state index in [4.69, 9.17) is 9.47 Å². The first-order valence-electron chi connectivity index (χ1n) is 10.9. The Hall–Kier alpha value is -2.54. The molecule has 0 bridgehead atoms. The summed E-state index contributed by atoms with van der Waals surface area (Å²) in [6.45, 7) is 7.96. The predicted octanol–water partition coefficient (Wildman–Crippen LogP) is 4.87. The molecular weight excluding hydrogens is 472 g/mol. The maximum Gasteiger partial charge on any atom is 0.261 e. The van der Waals surface area contributed by atoms with Gasteiger partial charge in [-0.2, -0.15) is 0 Å². The summed E-state index contributed by atoms with van der Waals surface area (Å²) in [4.78, 5) is 27.8. The molecule has 7 heteroatoms. The average molecular weight is 505 g/mol. The van der Waals surface area contributed by atoms with Gasteiger partial charge in [-0.25, -0.2) is 0 Å². The number of ether oxygens (including phenoxy) is 2. The van der Waals surface area contributed by atoms with Crippen molar-refractivity contribution >= 4 is 27.7 Å². The minimum Gasteiger partial charge on any atom is -0.497 e. The number of nitrogens with zero attached hydrogens (tertiary/aromatic N) is 1. The lowest BCUT2D eigenvalue weighted by Crippen LogP contribution is -2.51. The Morgan fingerprint density at radius 1 is 1.09 bits per heavy atom. The van der Waals surface area contributed by atoms with Crippen LogP contribution in [-0.4, -0.2) is 42.5 Å². The van der Waals surface area contributed by atoms with Gasteiger partial charge in [0.25, 0.3) is 5.91 Å². The highest BCUT2D eigenvalue weighted by Crippen LogP contribution is 2.22. The van der Waals surface area contributed by atoms with E-state index in [1.165, 1.54) is 0 Å². The molecule has 32 heavy (non-hydrogen) atoms. The normalized spacial score (nSPS) is 12.6. The van der Waals surface area contributed by atoms with Gasteiger partial charge in [-0.05, 0) is 68.1 Å². The van der Waals surface area contributed by atoms with Crippen LogP contribution in [-0.2, 0) is 16.1 Å². The Kier molecular flexibility index (Phi) is 10.0. The quantitative estimate of drug-likeness (QED) is 0.474. The highest BCUT2D eigenvalue weighted by atomic mass is 79.9. The van der Waals surface area contributed by atoms with Gasteiger partial charge < -0.3 is 19.7 Å². The van der Waals surface area contributed by atoms with Crippen LogP contribution in [0.25, 0.3) is 0 Å². The number of aryl methyl sites for hydroxylation is 1. The molecule has 2 rings (SSSR count). The standard InChI is InChI=1S/C25H33BrN2O4/c1-6-18(4)27-25(30)23(7-2)28(15-19-9-8-10-20(14-19)31-5)24(29)16-32-21-11-12-22(26)17(3)13-21/h8-14,18,23H,6-7,15-16H2,1-5H3,(H,27,30)/t18-,23+/m1/s1. The van der Waals surface area contributed by atoms with Gasteiger partial charge in [0.2, 0.25) is 5.91 Å². The van der Waals surface area contributed by atoms with Crippen molar-refractivity contribution in [2.45, 2.75) is 59.2 Å². The molecule has 0 aromatic heterocycles. The van der Waals surface area contributed by atoms with Crippen LogP contribution in [0.5, 0.6) is 11.5 Å². The number of nitrogens with one attached hydrogen (secondary N) is 1. The number of halogens is 1. The molecule has 0 spiro atoms. The molecule has 2 atom stereocenters. The third-order valence-electron chi connectivity index (χ3n) is 5.37. The Morgan fingerprint density at radius 3 is 2.47 bits per heavy atom. The first-order valence-corrected chi connectivity index (χ1v) is 11.7. The largest absolute Gasteiger partial charge is 0.497 e. The van der Waals surface area contributed by atoms with Crippen LogP contribution in [0.15, 0.2) is 46.9 Å². The number of amides is 2. The van der Waals surface area contributed by atoms with Gasteiger partial charge in [-0.15, -0.1) is 0 Å². The molecule has 0 saturated carbocycles. The highest BCUT2D eigenvalue weighted by molar-refractivity contribution is 9.10. The summed E-state index contributed by atoms with van der Waals surface area (Å²) in [6, 6.07) is 12.5. The number of methoxy groups -OCH3 is 1. The van der Waals surface area contributed by atoms with E-state index in [0.29, 0.717) is 17.9 Å². The molecule has 0 fully saturated rings. The maximum absolute atomic E-state index is 13.3. The van der Waals surface area contributed by atoms with E-state index in [9.17, 15) is 9.59 Å². The first kappa shape index (κ1) is 25.7. The molecule has 6 nitrogen and oxygen atoms in total. The van der Waals surface area contributed by atoms with Crippen LogP contribution < -0.4 is 14.8 Å². The van der Waals surface area contributed by atoms with E-state index in [-0.39, 0.29) is 31.0 Å². The Bertz CT molecular complexity index is 919. The average Bonchev–Trinajstić information content (AvgIpc) is 2.79. The minimum absolute atomic E-state index is 0.0345. The summed E-state index contributed by atoms with van der Waals surface area (Å²) >= 11 is 3.47. The zero-order valence-electron chi connectivity index (χ0n) is 19.5. The molecule has 2 amide bonds. The van der Waals surface area contributed by atoms with Gasteiger partial charge in [0.15, 0.2) is 6.61 Å². The van der Waals surface area contributed by atoms with Crippen molar-refractivity contribution in [1.82, 2.24) is 10.2 Å². The molecule has 174 valence electrons. The van der Waals surface area contributed by atoms with Gasteiger partial charge in [-0.1, -0.05) is 41.9 Å². The summed E-state index contributed by atoms with van der Waals surface area (Å²) in [7, 11) is 1.60. The lowest BCUT2D eigenvalue weighted by Gasteiger charge is -2.31. The predicted molar refractivity (Wildman–Crippen MR) is 130 cm³/mol. The van der Waals surface area contributed by atoms with Gasteiger partial charge >= 0.3 is 0 Å². The van der Waals surface area contributed by atoms with Crippen LogP contribution in [0.4, 0.5) is 0 Å². The van der Waals surface area contributed by atoms with Gasteiger partial charge in [0, 0.05) is 17.1 Å². The van der Waals surface area contributed by atoms with Crippen LogP contribution in [0.3, 0.4) is 0 Å². The monoisotopic (exact) mass is 504 g/mol.